The van der Waals surface area contributed by atoms with Crippen molar-refractivity contribution in [2.45, 2.75) is 6.10 Å². The average molecular weight is 456 g/mol. The molecule has 0 spiro atoms. The molecule has 2 N–H and O–H groups in total. The van der Waals surface area contributed by atoms with Crippen LogP contribution in [0, 0.1) is 0 Å². The number of fused-ring (bicyclic) bond motifs is 1. The molecule has 1 aliphatic rings. The highest BCUT2D eigenvalue weighted by Crippen LogP contribution is 2.33. The Bertz CT molecular complexity index is 787. The van der Waals surface area contributed by atoms with E-state index in [1.807, 2.05) is 6.07 Å². The highest BCUT2D eigenvalue weighted by Gasteiger charge is 2.26. The summed E-state index contributed by atoms with van der Waals surface area (Å²) in [5.74, 6) is 0.836. The van der Waals surface area contributed by atoms with Crippen LogP contribution in [0.3, 0.4) is 0 Å². The van der Waals surface area contributed by atoms with Crippen LogP contribution in [0.1, 0.15) is 5.56 Å². The number of carbonyl (C=O) groups excluding carboxylic acids is 1. The highest BCUT2D eigenvalue weighted by atomic mass is 79.9. The number of aromatic hydroxyl groups is 1. The van der Waals surface area contributed by atoms with Crippen LogP contribution < -0.4 is 14.9 Å². The van der Waals surface area contributed by atoms with Gasteiger partial charge >= 0.3 is 0 Å². The van der Waals surface area contributed by atoms with Crippen molar-refractivity contribution in [2.75, 3.05) is 6.61 Å². The standard InChI is InChI=1S/C16H12Br2N2O4/c17-10-5-9(6-11(18)15(10)21)7-19-20-16(22)14-8-23-12-3-1-2-4-13(12)24-14/h1-7,14,21H,8H2,(H,20,22)/b19-7-/t14-/m0/s1. The highest BCUT2D eigenvalue weighted by molar-refractivity contribution is 9.11. The Kier molecular flexibility index (Phi) is 5.06. The van der Waals surface area contributed by atoms with Crippen LogP contribution in [-0.4, -0.2) is 29.9 Å². The fourth-order valence-electron chi connectivity index (χ4n) is 2.05. The predicted molar refractivity (Wildman–Crippen MR) is 95.6 cm³/mol. The number of benzene rings is 2. The summed E-state index contributed by atoms with van der Waals surface area (Å²) in [5, 5.41) is 13.6. The van der Waals surface area contributed by atoms with Crippen molar-refractivity contribution in [1.82, 2.24) is 5.43 Å². The maximum atomic E-state index is 12.1. The van der Waals surface area contributed by atoms with E-state index in [4.69, 9.17) is 9.47 Å². The number of nitrogens with zero attached hydrogens (tertiary/aromatic N) is 1. The molecule has 1 atom stereocenters. The number of rotatable bonds is 3. The van der Waals surface area contributed by atoms with E-state index in [0.29, 0.717) is 26.0 Å². The molecule has 0 aliphatic carbocycles. The molecule has 0 fully saturated rings. The molecule has 2 aromatic carbocycles. The summed E-state index contributed by atoms with van der Waals surface area (Å²) in [6.07, 6.45) is 0.695. The van der Waals surface area contributed by atoms with Gasteiger partial charge in [-0.2, -0.15) is 5.10 Å². The zero-order chi connectivity index (χ0) is 17.1. The second-order valence-corrected chi connectivity index (χ2v) is 6.64. The minimum atomic E-state index is -0.768. The van der Waals surface area contributed by atoms with E-state index in [9.17, 15) is 9.90 Å². The Morgan fingerprint density at radius 2 is 1.92 bits per heavy atom. The molecule has 24 heavy (non-hydrogen) atoms. The van der Waals surface area contributed by atoms with Gasteiger partial charge < -0.3 is 14.6 Å². The summed E-state index contributed by atoms with van der Waals surface area (Å²) in [6.45, 7) is 0.120. The van der Waals surface area contributed by atoms with Crippen molar-refractivity contribution in [3.63, 3.8) is 0 Å². The number of amides is 1. The first kappa shape index (κ1) is 16.8. The van der Waals surface area contributed by atoms with Gasteiger partial charge in [-0.3, -0.25) is 4.79 Å². The van der Waals surface area contributed by atoms with Gasteiger partial charge in [0.05, 0.1) is 15.2 Å². The third kappa shape index (κ3) is 3.70. The third-order valence-electron chi connectivity index (χ3n) is 3.23. The second-order valence-electron chi connectivity index (χ2n) is 4.93. The largest absolute Gasteiger partial charge is 0.506 e. The Morgan fingerprint density at radius 3 is 2.62 bits per heavy atom. The lowest BCUT2D eigenvalue weighted by Crippen LogP contribution is -2.42. The van der Waals surface area contributed by atoms with Gasteiger partial charge in [-0.15, -0.1) is 0 Å². The first-order valence-electron chi connectivity index (χ1n) is 6.94. The van der Waals surface area contributed by atoms with Crippen molar-refractivity contribution in [3.8, 4) is 17.2 Å². The van der Waals surface area contributed by atoms with Gasteiger partial charge in [-0.1, -0.05) is 12.1 Å². The molecule has 8 heteroatoms. The first-order chi connectivity index (χ1) is 11.5. The minimum Gasteiger partial charge on any atom is -0.506 e. The third-order valence-corrected chi connectivity index (χ3v) is 4.44. The fourth-order valence-corrected chi connectivity index (χ4v) is 3.27. The molecule has 0 saturated heterocycles. The minimum absolute atomic E-state index is 0.0996. The number of phenols is 1. The van der Waals surface area contributed by atoms with Crippen LogP contribution in [-0.2, 0) is 4.79 Å². The molecule has 0 unspecified atom stereocenters. The molecule has 2 aromatic rings. The van der Waals surface area contributed by atoms with Crippen LogP contribution in [0.15, 0.2) is 50.4 Å². The summed E-state index contributed by atoms with van der Waals surface area (Å²) in [4.78, 5) is 12.1. The van der Waals surface area contributed by atoms with Crippen molar-refractivity contribution in [2.24, 2.45) is 5.10 Å². The lowest BCUT2D eigenvalue weighted by Gasteiger charge is -2.24. The van der Waals surface area contributed by atoms with Crippen LogP contribution in [0.25, 0.3) is 0 Å². The van der Waals surface area contributed by atoms with Crippen molar-refractivity contribution in [3.05, 3.63) is 50.9 Å². The number of ether oxygens (including phenoxy) is 2. The first-order valence-corrected chi connectivity index (χ1v) is 8.52. The zero-order valence-electron chi connectivity index (χ0n) is 12.2. The lowest BCUT2D eigenvalue weighted by atomic mass is 10.2. The molecule has 1 aliphatic heterocycles. The number of hydrazone groups is 1. The smallest absolute Gasteiger partial charge is 0.284 e. The maximum Gasteiger partial charge on any atom is 0.284 e. The summed E-state index contributed by atoms with van der Waals surface area (Å²) in [7, 11) is 0. The molecule has 124 valence electrons. The van der Waals surface area contributed by atoms with Gasteiger partial charge in [0.1, 0.15) is 12.4 Å². The maximum absolute atomic E-state index is 12.1. The summed E-state index contributed by atoms with van der Waals surface area (Å²) in [5.41, 5.74) is 3.11. The van der Waals surface area contributed by atoms with Gasteiger partial charge in [0.15, 0.2) is 11.5 Å². The van der Waals surface area contributed by atoms with E-state index in [1.165, 1.54) is 6.21 Å². The molecule has 1 heterocycles. The van der Waals surface area contributed by atoms with E-state index in [-0.39, 0.29) is 12.4 Å². The number of carbonyl (C=O) groups is 1. The number of hydrogen-bond donors (Lipinski definition) is 2. The quantitative estimate of drug-likeness (QED) is 0.550. The summed E-state index contributed by atoms with van der Waals surface area (Å²) < 4.78 is 12.1. The number of para-hydroxylation sites is 2. The van der Waals surface area contributed by atoms with Crippen LogP contribution in [0.4, 0.5) is 0 Å². The second kappa shape index (κ2) is 7.23. The molecule has 0 bridgehead atoms. The summed E-state index contributed by atoms with van der Waals surface area (Å²) >= 11 is 6.46. The molecule has 0 radical (unpaired) electrons. The van der Waals surface area contributed by atoms with E-state index in [1.54, 1.807) is 30.3 Å². The molecule has 0 aromatic heterocycles. The van der Waals surface area contributed by atoms with Gasteiger partial charge in [0.2, 0.25) is 6.10 Å². The van der Waals surface area contributed by atoms with Crippen molar-refractivity contribution >= 4 is 44.0 Å². The van der Waals surface area contributed by atoms with Gasteiger partial charge in [0, 0.05) is 0 Å². The molecule has 0 saturated carbocycles. The normalized spacial score (nSPS) is 16.2. The van der Waals surface area contributed by atoms with Crippen molar-refractivity contribution < 1.29 is 19.4 Å². The monoisotopic (exact) mass is 454 g/mol. The van der Waals surface area contributed by atoms with Crippen molar-refractivity contribution in [1.29, 1.82) is 0 Å². The molecule has 3 rings (SSSR count). The Morgan fingerprint density at radius 1 is 1.25 bits per heavy atom. The SMILES string of the molecule is O=C(N/N=C\c1cc(Br)c(O)c(Br)c1)[C@@H]1COc2ccccc2O1. The van der Waals surface area contributed by atoms with Gasteiger partial charge in [-0.05, 0) is 61.7 Å². The van der Waals surface area contributed by atoms with E-state index >= 15 is 0 Å². The van der Waals surface area contributed by atoms with Gasteiger partial charge in [0.25, 0.3) is 5.91 Å². The van der Waals surface area contributed by atoms with E-state index in [0.717, 1.165) is 0 Å². The van der Waals surface area contributed by atoms with Crippen LogP contribution in [0.2, 0.25) is 0 Å². The average Bonchev–Trinajstić information content (AvgIpc) is 2.59. The predicted octanol–water partition coefficient (Wildman–Crippen LogP) is 3.21. The molecule has 1 amide bonds. The molecular weight excluding hydrogens is 444 g/mol. The Balaban J connectivity index is 1.62. The van der Waals surface area contributed by atoms with E-state index < -0.39 is 12.0 Å². The Labute approximate surface area is 154 Å². The van der Waals surface area contributed by atoms with Crippen LogP contribution in [0.5, 0.6) is 17.2 Å². The lowest BCUT2D eigenvalue weighted by molar-refractivity contribution is -0.130. The van der Waals surface area contributed by atoms with E-state index in [2.05, 4.69) is 42.4 Å². The molecular formula is C16H12Br2N2O4. The fraction of sp³-hybridized carbons (Fsp3) is 0.125. The topological polar surface area (TPSA) is 80.2 Å². The summed E-state index contributed by atoms with van der Waals surface area (Å²) in [6, 6.07) is 10.5. The zero-order valence-corrected chi connectivity index (χ0v) is 15.4. The number of phenolic OH excluding ortho intramolecular Hbond substituents is 1. The number of nitrogens with one attached hydrogen (secondary N) is 1. The van der Waals surface area contributed by atoms with Crippen LogP contribution >= 0.6 is 31.9 Å². The Hall–Kier alpha value is -2.06. The number of hydrogen-bond acceptors (Lipinski definition) is 5. The molecule has 6 nitrogen and oxygen atoms in total. The number of halogens is 2. The van der Waals surface area contributed by atoms with Gasteiger partial charge in [-0.25, -0.2) is 5.43 Å².